The summed E-state index contributed by atoms with van der Waals surface area (Å²) in [5.74, 6) is 0. The molecule has 0 spiro atoms. The zero-order valence-corrected chi connectivity index (χ0v) is 15.8. The van der Waals surface area contributed by atoms with Gasteiger partial charge in [0.1, 0.15) is 0 Å². The first-order chi connectivity index (χ1) is 9.81. The zero-order chi connectivity index (χ0) is 14.2. The number of allylic oxidation sites excluding steroid dienone is 2. The second kappa shape index (κ2) is 11.3. The summed E-state index contributed by atoms with van der Waals surface area (Å²) in [5, 5.41) is 0. The van der Waals surface area contributed by atoms with Gasteiger partial charge in [0.25, 0.3) is 0 Å². The molecule has 118 valence electrons. The number of hydrogen-bond acceptors (Lipinski definition) is 0. The maximum absolute atomic E-state index is 3.77. The molecule has 0 saturated heterocycles. The van der Waals surface area contributed by atoms with Crippen molar-refractivity contribution in [3.8, 4) is 0 Å². The number of aryl methyl sites for hydroxylation is 2. The standard InChI is InChI=1S/C18H22N2.2BrH/c1-3-11-19-13-5-7-17(15-19)9-10-18-8-6-14-20(16-18)12-4-2;;/h3-8,13-16H,1-2,9-12H2;2*1H/q+2;;/p-2. The van der Waals surface area contributed by atoms with Crippen LogP contribution in [-0.4, -0.2) is 0 Å². The Labute approximate surface area is 154 Å². The van der Waals surface area contributed by atoms with Crippen molar-refractivity contribution in [1.82, 2.24) is 0 Å². The van der Waals surface area contributed by atoms with Gasteiger partial charge in [-0.3, -0.25) is 0 Å². The minimum absolute atomic E-state index is 0. The van der Waals surface area contributed by atoms with Gasteiger partial charge in [-0.15, -0.1) is 0 Å². The molecule has 0 bridgehead atoms. The third kappa shape index (κ3) is 6.67. The van der Waals surface area contributed by atoms with Crippen LogP contribution in [0.4, 0.5) is 0 Å². The van der Waals surface area contributed by atoms with Gasteiger partial charge >= 0.3 is 0 Å². The maximum atomic E-state index is 3.77. The maximum Gasteiger partial charge on any atom is 0.172 e. The SMILES string of the molecule is C=CC[n+]1cccc(CCc2ccc[n+](CC=C)c2)c1.[Br-].[Br-]. The highest BCUT2D eigenvalue weighted by Gasteiger charge is 2.04. The van der Waals surface area contributed by atoms with E-state index >= 15 is 0 Å². The zero-order valence-electron chi connectivity index (χ0n) is 12.7. The van der Waals surface area contributed by atoms with Gasteiger partial charge < -0.3 is 34.0 Å². The molecule has 0 saturated carbocycles. The fourth-order valence-electron chi connectivity index (χ4n) is 2.26. The Morgan fingerprint density at radius 3 is 1.55 bits per heavy atom. The first-order valence-electron chi connectivity index (χ1n) is 6.99. The van der Waals surface area contributed by atoms with Gasteiger partial charge in [0.2, 0.25) is 0 Å². The molecule has 0 N–H and O–H groups in total. The van der Waals surface area contributed by atoms with Crippen LogP contribution < -0.4 is 43.1 Å². The summed E-state index contributed by atoms with van der Waals surface area (Å²) < 4.78 is 4.32. The van der Waals surface area contributed by atoms with Crippen LogP contribution in [0.1, 0.15) is 11.1 Å². The topological polar surface area (TPSA) is 7.76 Å². The highest BCUT2D eigenvalue weighted by molar-refractivity contribution is 5.12. The first-order valence-corrected chi connectivity index (χ1v) is 6.99. The molecular weight excluding hydrogens is 404 g/mol. The number of halogens is 2. The molecule has 2 aromatic rings. The Morgan fingerprint density at radius 2 is 1.18 bits per heavy atom. The third-order valence-electron chi connectivity index (χ3n) is 3.22. The second-order valence-electron chi connectivity index (χ2n) is 4.90. The fourth-order valence-corrected chi connectivity index (χ4v) is 2.26. The van der Waals surface area contributed by atoms with Crippen LogP contribution in [0, 0.1) is 0 Å². The van der Waals surface area contributed by atoms with Crippen molar-refractivity contribution in [3.05, 3.63) is 85.5 Å². The van der Waals surface area contributed by atoms with Gasteiger partial charge in [-0.05, 0) is 37.1 Å². The van der Waals surface area contributed by atoms with E-state index in [2.05, 4.69) is 71.3 Å². The minimum Gasteiger partial charge on any atom is -1.00 e. The van der Waals surface area contributed by atoms with Crippen LogP contribution in [0.5, 0.6) is 0 Å². The Bertz CT molecular complexity index is 544. The van der Waals surface area contributed by atoms with Crippen LogP contribution in [0.15, 0.2) is 74.4 Å². The van der Waals surface area contributed by atoms with Crippen molar-refractivity contribution in [2.75, 3.05) is 0 Å². The summed E-state index contributed by atoms with van der Waals surface area (Å²) in [6.07, 6.45) is 14.5. The van der Waals surface area contributed by atoms with Crippen LogP contribution in [-0.2, 0) is 25.9 Å². The molecule has 0 amide bonds. The highest BCUT2D eigenvalue weighted by Crippen LogP contribution is 2.04. The van der Waals surface area contributed by atoms with E-state index in [1.54, 1.807) is 0 Å². The molecule has 0 aromatic carbocycles. The monoisotopic (exact) mass is 424 g/mol. The van der Waals surface area contributed by atoms with Crippen LogP contribution in [0.25, 0.3) is 0 Å². The lowest BCUT2D eigenvalue weighted by molar-refractivity contribution is -0.687. The van der Waals surface area contributed by atoms with Gasteiger partial charge in [-0.2, -0.15) is 0 Å². The normalized spacial score (nSPS) is 9.27. The summed E-state index contributed by atoms with van der Waals surface area (Å²) >= 11 is 0. The quantitative estimate of drug-likeness (QED) is 0.320. The van der Waals surface area contributed by atoms with Crippen LogP contribution in [0.3, 0.4) is 0 Å². The number of nitrogens with zero attached hydrogens (tertiary/aromatic N) is 2. The molecule has 4 heteroatoms. The van der Waals surface area contributed by atoms with E-state index in [9.17, 15) is 0 Å². The van der Waals surface area contributed by atoms with Crippen molar-refractivity contribution in [3.63, 3.8) is 0 Å². The average Bonchev–Trinajstić information content (AvgIpc) is 2.47. The molecule has 2 nitrogen and oxygen atoms in total. The summed E-state index contributed by atoms with van der Waals surface area (Å²) in [6.45, 7) is 9.27. The van der Waals surface area contributed by atoms with E-state index in [1.165, 1.54) is 11.1 Å². The molecule has 0 radical (unpaired) electrons. The predicted octanol–water partition coefficient (Wildman–Crippen LogP) is -3.57. The van der Waals surface area contributed by atoms with E-state index in [0.29, 0.717) is 0 Å². The van der Waals surface area contributed by atoms with Gasteiger partial charge in [0.15, 0.2) is 37.9 Å². The molecule has 0 aliphatic carbocycles. The lowest BCUT2D eigenvalue weighted by atomic mass is 10.1. The smallest absolute Gasteiger partial charge is 0.172 e. The molecule has 0 aliphatic heterocycles. The van der Waals surface area contributed by atoms with Crippen LogP contribution >= 0.6 is 0 Å². The largest absolute Gasteiger partial charge is 1.00 e. The van der Waals surface area contributed by atoms with Crippen LogP contribution in [0.2, 0.25) is 0 Å². The molecule has 2 rings (SSSR count). The Kier molecular flexibility index (Phi) is 10.7. The van der Waals surface area contributed by atoms with E-state index in [0.717, 1.165) is 25.9 Å². The van der Waals surface area contributed by atoms with Crippen molar-refractivity contribution in [2.24, 2.45) is 0 Å². The van der Waals surface area contributed by atoms with E-state index in [-0.39, 0.29) is 34.0 Å². The third-order valence-corrected chi connectivity index (χ3v) is 3.22. The molecule has 22 heavy (non-hydrogen) atoms. The number of aromatic nitrogens is 2. The Balaban J connectivity index is 0.00000220. The molecule has 0 unspecified atom stereocenters. The lowest BCUT2D eigenvalue weighted by Gasteiger charge is -2.01. The predicted molar refractivity (Wildman–Crippen MR) is 81.1 cm³/mol. The van der Waals surface area contributed by atoms with Gasteiger partial charge in [-0.25, -0.2) is 9.13 Å². The van der Waals surface area contributed by atoms with E-state index in [1.807, 2.05) is 12.2 Å². The lowest BCUT2D eigenvalue weighted by Crippen LogP contribution is -3.00. The molecule has 0 fully saturated rings. The summed E-state index contributed by atoms with van der Waals surface area (Å²) in [5.41, 5.74) is 2.71. The minimum atomic E-state index is 0. The second-order valence-corrected chi connectivity index (χ2v) is 4.90. The Hall–Kier alpha value is -1.26. The van der Waals surface area contributed by atoms with Crippen molar-refractivity contribution in [1.29, 1.82) is 0 Å². The first kappa shape index (κ1) is 20.7. The Morgan fingerprint density at radius 1 is 0.773 bits per heavy atom. The summed E-state index contributed by atoms with van der Waals surface area (Å²) in [7, 11) is 0. The van der Waals surface area contributed by atoms with Gasteiger partial charge in [-0.1, -0.05) is 13.2 Å². The van der Waals surface area contributed by atoms with Gasteiger partial charge in [0.05, 0.1) is 0 Å². The molecule has 0 atom stereocenters. The van der Waals surface area contributed by atoms with Crippen molar-refractivity contribution >= 4 is 0 Å². The molecule has 2 aromatic heterocycles. The summed E-state index contributed by atoms with van der Waals surface area (Å²) in [6, 6.07) is 8.56. The number of hydrogen-bond donors (Lipinski definition) is 0. The average molecular weight is 426 g/mol. The number of rotatable bonds is 7. The molecule has 2 heterocycles. The molecule has 0 aliphatic rings. The summed E-state index contributed by atoms with van der Waals surface area (Å²) in [4.78, 5) is 0. The highest BCUT2D eigenvalue weighted by atomic mass is 79.9. The van der Waals surface area contributed by atoms with E-state index in [4.69, 9.17) is 0 Å². The van der Waals surface area contributed by atoms with Gasteiger partial charge in [0, 0.05) is 23.3 Å². The number of pyridine rings is 2. The van der Waals surface area contributed by atoms with E-state index < -0.39 is 0 Å². The van der Waals surface area contributed by atoms with Crippen molar-refractivity contribution < 1.29 is 43.1 Å². The van der Waals surface area contributed by atoms with Crippen molar-refractivity contribution in [2.45, 2.75) is 25.9 Å². The molecular formula is C18H22Br2N2. The fraction of sp³-hybridized carbons (Fsp3) is 0.222.